The summed E-state index contributed by atoms with van der Waals surface area (Å²) in [5.41, 5.74) is 6.96. The number of rotatable bonds is 5. The molecule has 1 aromatic rings. The molecule has 1 aromatic carbocycles. The maximum atomic E-state index is 9.02. The van der Waals surface area contributed by atoms with Crippen LogP contribution in [0.15, 0.2) is 35.5 Å². The minimum atomic E-state index is -0.0799. The van der Waals surface area contributed by atoms with Gasteiger partial charge in [-0.2, -0.15) is 0 Å². The standard InChI is InChI=1S/C17H27N3O/c1-12-8-13(2)10-15(9-12)19-11-16(17(18)20-21)14-6-4-3-5-7-14/h3-7,12-13,15-16,19,21H,8-11H2,1-2H3,(H2,18,20). The second-order valence-corrected chi connectivity index (χ2v) is 6.51. The zero-order chi connectivity index (χ0) is 15.2. The van der Waals surface area contributed by atoms with Gasteiger partial charge in [-0.05, 0) is 36.7 Å². The number of nitrogens with two attached hydrogens (primary N) is 1. The van der Waals surface area contributed by atoms with Crippen LogP contribution in [0.25, 0.3) is 0 Å². The number of nitrogens with one attached hydrogen (secondary N) is 1. The molecule has 4 N–H and O–H groups in total. The third-order valence-electron chi connectivity index (χ3n) is 4.46. The molecule has 0 aliphatic heterocycles. The van der Waals surface area contributed by atoms with Gasteiger partial charge >= 0.3 is 0 Å². The number of amidine groups is 1. The van der Waals surface area contributed by atoms with Crippen molar-refractivity contribution in [1.82, 2.24) is 5.32 Å². The van der Waals surface area contributed by atoms with E-state index in [0.717, 1.165) is 17.4 Å². The van der Waals surface area contributed by atoms with Crippen molar-refractivity contribution in [2.24, 2.45) is 22.7 Å². The molecule has 0 radical (unpaired) electrons. The highest BCUT2D eigenvalue weighted by molar-refractivity contribution is 5.87. The van der Waals surface area contributed by atoms with Crippen LogP contribution in [0, 0.1) is 11.8 Å². The molecule has 0 spiro atoms. The summed E-state index contributed by atoms with van der Waals surface area (Å²) in [6.45, 7) is 5.36. The lowest BCUT2D eigenvalue weighted by atomic mass is 9.80. The number of oxime groups is 1. The van der Waals surface area contributed by atoms with Crippen LogP contribution < -0.4 is 11.1 Å². The lowest BCUT2D eigenvalue weighted by Gasteiger charge is -2.33. The summed E-state index contributed by atoms with van der Waals surface area (Å²) in [4.78, 5) is 0. The molecule has 0 bridgehead atoms. The zero-order valence-electron chi connectivity index (χ0n) is 13.0. The first kappa shape index (κ1) is 15.8. The molecule has 4 nitrogen and oxygen atoms in total. The van der Waals surface area contributed by atoms with Gasteiger partial charge in [0, 0.05) is 12.6 Å². The molecule has 1 aliphatic rings. The number of hydrogen-bond donors (Lipinski definition) is 3. The quantitative estimate of drug-likeness (QED) is 0.338. The molecule has 4 heteroatoms. The first-order valence-corrected chi connectivity index (χ1v) is 7.85. The maximum Gasteiger partial charge on any atom is 0.147 e. The summed E-state index contributed by atoms with van der Waals surface area (Å²) in [5.74, 6) is 1.73. The van der Waals surface area contributed by atoms with Gasteiger partial charge in [-0.3, -0.25) is 0 Å². The fourth-order valence-corrected chi connectivity index (χ4v) is 3.55. The van der Waals surface area contributed by atoms with Crippen molar-refractivity contribution in [3.05, 3.63) is 35.9 Å². The maximum absolute atomic E-state index is 9.02. The zero-order valence-corrected chi connectivity index (χ0v) is 13.0. The van der Waals surface area contributed by atoms with E-state index in [2.05, 4.69) is 24.3 Å². The van der Waals surface area contributed by atoms with E-state index in [9.17, 15) is 0 Å². The molecule has 1 fully saturated rings. The van der Waals surface area contributed by atoms with Gasteiger partial charge in [-0.1, -0.05) is 49.3 Å². The molecule has 0 saturated heterocycles. The Morgan fingerprint density at radius 1 is 1.24 bits per heavy atom. The van der Waals surface area contributed by atoms with Crippen molar-refractivity contribution in [3.8, 4) is 0 Å². The summed E-state index contributed by atoms with van der Waals surface area (Å²) in [6, 6.07) is 10.5. The summed E-state index contributed by atoms with van der Waals surface area (Å²) >= 11 is 0. The normalized spacial score (nSPS) is 28.3. The molecular weight excluding hydrogens is 262 g/mol. The summed E-state index contributed by atoms with van der Waals surface area (Å²) < 4.78 is 0. The van der Waals surface area contributed by atoms with Gasteiger partial charge in [-0.25, -0.2) is 0 Å². The molecule has 1 aliphatic carbocycles. The van der Waals surface area contributed by atoms with E-state index in [1.165, 1.54) is 19.3 Å². The first-order valence-electron chi connectivity index (χ1n) is 7.85. The van der Waals surface area contributed by atoms with Gasteiger partial charge in [0.2, 0.25) is 0 Å². The Hall–Kier alpha value is -1.55. The predicted molar refractivity (Wildman–Crippen MR) is 86.6 cm³/mol. The number of nitrogens with zero attached hydrogens (tertiary/aromatic N) is 1. The van der Waals surface area contributed by atoms with E-state index >= 15 is 0 Å². The molecule has 0 amide bonds. The van der Waals surface area contributed by atoms with Crippen molar-refractivity contribution in [1.29, 1.82) is 0 Å². The average Bonchev–Trinajstić information content (AvgIpc) is 2.47. The van der Waals surface area contributed by atoms with Crippen LogP contribution >= 0.6 is 0 Å². The van der Waals surface area contributed by atoms with Gasteiger partial charge in [0.15, 0.2) is 0 Å². The highest BCUT2D eigenvalue weighted by Crippen LogP contribution is 2.28. The van der Waals surface area contributed by atoms with Crippen LogP contribution in [0.4, 0.5) is 0 Å². The lowest BCUT2D eigenvalue weighted by Crippen LogP contribution is -2.41. The lowest BCUT2D eigenvalue weighted by molar-refractivity contribution is 0.238. The Kier molecular flexibility index (Phi) is 5.62. The average molecular weight is 289 g/mol. The molecule has 0 heterocycles. The van der Waals surface area contributed by atoms with Gasteiger partial charge in [0.25, 0.3) is 0 Å². The van der Waals surface area contributed by atoms with E-state index in [4.69, 9.17) is 10.9 Å². The van der Waals surface area contributed by atoms with Crippen LogP contribution in [-0.2, 0) is 0 Å². The molecule has 3 unspecified atom stereocenters. The molecule has 1 saturated carbocycles. The molecule has 116 valence electrons. The Bertz CT molecular complexity index is 450. The van der Waals surface area contributed by atoms with Crippen LogP contribution in [0.2, 0.25) is 0 Å². The van der Waals surface area contributed by atoms with Gasteiger partial charge in [0.1, 0.15) is 5.84 Å². The van der Waals surface area contributed by atoms with Gasteiger partial charge in [0.05, 0.1) is 5.92 Å². The van der Waals surface area contributed by atoms with Crippen molar-refractivity contribution in [2.45, 2.75) is 45.1 Å². The van der Waals surface area contributed by atoms with Crippen molar-refractivity contribution in [3.63, 3.8) is 0 Å². The Morgan fingerprint density at radius 3 is 2.43 bits per heavy atom. The Morgan fingerprint density at radius 2 is 1.86 bits per heavy atom. The largest absolute Gasteiger partial charge is 0.409 e. The molecule has 3 atom stereocenters. The molecular formula is C17H27N3O. The smallest absolute Gasteiger partial charge is 0.147 e. The Balaban J connectivity index is 2.00. The highest BCUT2D eigenvalue weighted by atomic mass is 16.4. The van der Waals surface area contributed by atoms with Crippen LogP contribution in [0.3, 0.4) is 0 Å². The van der Waals surface area contributed by atoms with Gasteiger partial charge in [-0.15, -0.1) is 0 Å². The minimum Gasteiger partial charge on any atom is -0.409 e. The van der Waals surface area contributed by atoms with Crippen LogP contribution in [-0.4, -0.2) is 23.6 Å². The fourth-order valence-electron chi connectivity index (χ4n) is 3.55. The monoisotopic (exact) mass is 289 g/mol. The van der Waals surface area contributed by atoms with E-state index < -0.39 is 0 Å². The first-order chi connectivity index (χ1) is 10.1. The predicted octanol–water partition coefficient (Wildman–Crippen LogP) is 2.93. The van der Waals surface area contributed by atoms with Crippen LogP contribution in [0.5, 0.6) is 0 Å². The van der Waals surface area contributed by atoms with Crippen LogP contribution in [0.1, 0.15) is 44.6 Å². The summed E-state index contributed by atoms with van der Waals surface area (Å²) in [5, 5.41) is 15.9. The third kappa shape index (κ3) is 4.46. The van der Waals surface area contributed by atoms with E-state index in [-0.39, 0.29) is 11.8 Å². The molecule has 0 aromatic heterocycles. The SMILES string of the molecule is CC1CC(C)CC(NCC(C(N)=NO)c2ccccc2)C1. The second-order valence-electron chi connectivity index (χ2n) is 6.51. The summed E-state index contributed by atoms with van der Waals surface area (Å²) in [7, 11) is 0. The molecule has 21 heavy (non-hydrogen) atoms. The van der Waals surface area contributed by atoms with E-state index in [1.54, 1.807) is 0 Å². The highest BCUT2D eigenvalue weighted by Gasteiger charge is 2.25. The second kappa shape index (κ2) is 7.46. The topological polar surface area (TPSA) is 70.6 Å². The fraction of sp³-hybridized carbons (Fsp3) is 0.588. The van der Waals surface area contributed by atoms with E-state index in [0.29, 0.717) is 12.6 Å². The Labute approximate surface area is 127 Å². The number of hydrogen-bond acceptors (Lipinski definition) is 3. The number of benzene rings is 1. The third-order valence-corrected chi connectivity index (χ3v) is 4.46. The van der Waals surface area contributed by atoms with E-state index in [1.807, 2.05) is 30.3 Å². The van der Waals surface area contributed by atoms with Gasteiger partial charge < -0.3 is 16.3 Å². The van der Waals surface area contributed by atoms with Crippen molar-refractivity contribution >= 4 is 5.84 Å². The van der Waals surface area contributed by atoms with Crippen molar-refractivity contribution in [2.75, 3.05) is 6.54 Å². The van der Waals surface area contributed by atoms with Crippen molar-refractivity contribution < 1.29 is 5.21 Å². The molecule has 2 rings (SSSR count). The minimum absolute atomic E-state index is 0.0799. The summed E-state index contributed by atoms with van der Waals surface area (Å²) in [6.07, 6.45) is 3.74.